The second kappa shape index (κ2) is 8.82. The van der Waals surface area contributed by atoms with Crippen LogP contribution in [0.25, 0.3) is 21.9 Å². The van der Waals surface area contributed by atoms with Crippen molar-refractivity contribution in [2.45, 2.75) is 52.0 Å². The molecule has 0 spiro atoms. The van der Waals surface area contributed by atoms with E-state index in [1.807, 2.05) is 24.3 Å². The Hall–Kier alpha value is -3.87. The number of aliphatic carboxylic acids is 1. The van der Waals surface area contributed by atoms with Gasteiger partial charge in [-0.2, -0.15) is 0 Å². The molecule has 0 radical (unpaired) electrons. The molecule has 7 heteroatoms. The Morgan fingerprint density at radius 1 is 1.06 bits per heavy atom. The lowest BCUT2D eigenvalue weighted by molar-refractivity contribution is -0.141. The molecule has 2 aromatic heterocycles. The van der Waals surface area contributed by atoms with Gasteiger partial charge in [0.05, 0.1) is 18.2 Å². The third-order valence-electron chi connectivity index (χ3n) is 6.04. The van der Waals surface area contributed by atoms with Crippen LogP contribution in [0.3, 0.4) is 0 Å². The average molecular weight is 462 g/mol. The molecule has 7 nitrogen and oxygen atoms in total. The summed E-state index contributed by atoms with van der Waals surface area (Å²) in [4.78, 5) is 37.2. The van der Waals surface area contributed by atoms with Gasteiger partial charge >= 0.3 is 11.6 Å². The van der Waals surface area contributed by atoms with Crippen molar-refractivity contribution in [3.05, 3.63) is 81.4 Å². The van der Waals surface area contributed by atoms with Crippen molar-refractivity contribution in [3.8, 4) is 0 Å². The summed E-state index contributed by atoms with van der Waals surface area (Å²) in [5.41, 5.74) is 2.87. The molecular weight excluding hydrogens is 434 g/mol. The van der Waals surface area contributed by atoms with Crippen LogP contribution < -0.4 is 10.9 Å². The van der Waals surface area contributed by atoms with E-state index in [4.69, 9.17) is 8.83 Å². The molecule has 176 valence electrons. The summed E-state index contributed by atoms with van der Waals surface area (Å²) >= 11 is 0. The summed E-state index contributed by atoms with van der Waals surface area (Å²) in [6.07, 6.45) is 1.57. The molecule has 0 saturated heterocycles. The Labute approximate surface area is 196 Å². The molecule has 0 fully saturated rings. The number of amides is 1. The van der Waals surface area contributed by atoms with Crippen LogP contribution in [-0.2, 0) is 27.8 Å². The monoisotopic (exact) mass is 461 g/mol. The second-order valence-corrected chi connectivity index (χ2v) is 9.56. The van der Waals surface area contributed by atoms with Gasteiger partial charge in [-0.3, -0.25) is 4.79 Å². The Balaban J connectivity index is 1.65. The van der Waals surface area contributed by atoms with Gasteiger partial charge in [0, 0.05) is 28.8 Å². The van der Waals surface area contributed by atoms with Crippen LogP contribution >= 0.6 is 0 Å². The van der Waals surface area contributed by atoms with Gasteiger partial charge < -0.3 is 19.3 Å². The lowest BCUT2D eigenvalue weighted by Crippen LogP contribution is -2.43. The highest BCUT2D eigenvalue weighted by atomic mass is 16.4. The number of hydrogen-bond donors (Lipinski definition) is 2. The number of fused-ring (bicyclic) bond motifs is 2. The molecule has 0 aliphatic heterocycles. The van der Waals surface area contributed by atoms with Crippen molar-refractivity contribution in [1.82, 2.24) is 5.32 Å². The summed E-state index contributed by atoms with van der Waals surface area (Å²) in [5, 5.41) is 13.7. The number of carboxylic acid groups (broad SMARTS) is 1. The van der Waals surface area contributed by atoms with Crippen molar-refractivity contribution < 1.29 is 23.5 Å². The molecule has 2 aromatic carbocycles. The minimum Gasteiger partial charge on any atom is -0.480 e. The molecule has 0 aliphatic rings. The van der Waals surface area contributed by atoms with Crippen molar-refractivity contribution in [3.63, 3.8) is 0 Å². The largest absolute Gasteiger partial charge is 0.480 e. The summed E-state index contributed by atoms with van der Waals surface area (Å²) < 4.78 is 11.2. The standard InChI is InChI=1S/C27H27NO6/c1-15-17-11-19-20(27(2,3)4)14-33-22(19)13-23(17)34-26(32)18(15)12-24(29)28-21(25(30)31)10-16-8-6-5-7-9-16/h5-9,11,13-14,21H,10,12H2,1-4H3,(H,28,29)(H,30,31)/t21-/m0/s1. The number of carboxylic acids is 1. The Morgan fingerprint density at radius 2 is 1.76 bits per heavy atom. The Kier molecular flexibility index (Phi) is 6.04. The summed E-state index contributed by atoms with van der Waals surface area (Å²) in [6.45, 7) is 8.03. The Morgan fingerprint density at radius 3 is 2.41 bits per heavy atom. The first kappa shape index (κ1) is 23.3. The van der Waals surface area contributed by atoms with E-state index in [1.54, 1.807) is 31.4 Å². The molecule has 2 N–H and O–H groups in total. The quantitative estimate of drug-likeness (QED) is 0.409. The van der Waals surface area contributed by atoms with Crippen LogP contribution in [0.2, 0.25) is 0 Å². The van der Waals surface area contributed by atoms with Gasteiger partial charge in [-0.1, -0.05) is 51.1 Å². The summed E-state index contributed by atoms with van der Waals surface area (Å²) in [6, 6.07) is 11.6. The average Bonchev–Trinajstić information content (AvgIpc) is 3.19. The van der Waals surface area contributed by atoms with Gasteiger partial charge in [0.1, 0.15) is 17.2 Å². The first-order chi connectivity index (χ1) is 16.0. The second-order valence-electron chi connectivity index (χ2n) is 9.56. The van der Waals surface area contributed by atoms with E-state index < -0.39 is 23.5 Å². The SMILES string of the molecule is Cc1c(CC(=O)N[C@@H](Cc2ccccc2)C(=O)O)c(=O)oc2cc3occ(C(C)(C)C)c3cc12. The zero-order valence-electron chi connectivity index (χ0n) is 19.6. The molecule has 1 atom stereocenters. The minimum atomic E-state index is -1.14. The van der Waals surface area contributed by atoms with Gasteiger partial charge in [-0.25, -0.2) is 9.59 Å². The van der Waals surface area contributed by atoms with Crippen molar-refractivity contribution in [2.75, 3.05) is 0 Å². The van der Waals surface area contributed by atoms with Crippen LogP contribution in [0.5, 0.6) is 0 Å². The van der Waals surface area contributed by atoms with Gasteiger partial charge in [-0.05, 0) is 29.5 Å². The number of benzene rings is 2. The maximum absolute atomic E-state index is 12.7. The first-order valence-electron chi connectivity index (χ1n) is 11.1. The van der Waals surface area contributed by atoms with Crippen LogP contribution in [0.4, 0.5) is 0 Å². The van der Waals surface area contributed by atoms with E-state index >= 15 is 0 Å². The number of carbonyl (C=O) groups is 2. The van der Waals surface area contributed by atoms with E-state index in [0.29, 0.717) is 22.1 Å². The maximum atomic E-state index is 12.7. The Bertz CT molecular complexity index is 1440. The topological polar surface area (TPSA) is 110 Å². The molecule has 0 saturated carbocycles. The predicted octanol–water partition coefficient (Wildman–Crippen LogP) is 4.50. The fourth-order valence-corrected chi connectivity index (χ4v) is 4.15. The molecule has 0 bridgehead atoms. The molecule has 2 heterocycles. The molecule has 4 aromatic rings. The smallest absolute Gasteiger partial charge is 0.340 e. The fraction of sp³-hybridized carbons (Fsp3) is 0.296. The van der Waals surface area contributed by atoms with Crippen LogP contribution in [0.1, 0.15) is 43.0 Å². The lowest BCUT2D eigenvalue weighted by atomic mass is 9.86. The van der Waals surface area contributed by atoms with Crippen molar-refractivity contribution in [2.24, 2.45) is 0 Å². The van der Waals surface area contributed by atoms with E-state index in [1.165, 1.54) is 0 Å². The first-order valence-corrected chi connectivity index (χ1v) is 11.1. The highest BCUT2D eigenvalue weighted by molar-refractivity contribution is 5.97. The minimum absolute atomic E-state index is 0.140. The van der Waals surface area contributed by atoms with E-state index in [0.717, 1.165) is 16.5 Å². The normalized spacial score (nSPS) is 12.7. The number of carbonyl (C=O) groups excluding carboxylic acids is 1. The number of hydrogen-bond acceptors (Lipinski definition) is 5. The van der Waals surface area contributed by atoms with Gasteiger partial charge in [-0.15, -0.1) is 0 Å². The van der Waals surface area contributed by atoms with Gasteiger partial charge in [0.25, 0.3) is 0 Å². The van der Waals surface area contributed by atoms with E-state index in [9.17, 15) is 19.5 Å². The van der Waals surface area contributed by atoms with Gasteiger partial charge in [0.15, 0.2) is 0 Å². The van der Waals surface area contributed by atoms with Gasteiger partial charge in [0.2, 0.25) is 5.91 Å². The molecule has 0 aliphatic carbocycles. The fourth-order valence-electron chi connectivity index (χ4n) is 4.15. The zero-order chi connectivity index (χ0) is 24.6. The van der Waals surface area contributed by atoms with E-state index in [2.05, 4.69) is 26.1 Å². The molecule has 1 amide bonds. The van der Waals surface area contributed by atoms with Crippen LogP contribution in [-0.4, -0.2) is 23.0 Å². The highest BCUT2D eigenvalue weighted by Gasteiger charge is 2.24. The van der Waals surface area contributed by atoms with Crippen LogP contribution in [0.15, 0.2) is 62.4 Å². The van der Waals surface area contributed by atoms with Crippen LogP contribution in [0, 0.1) is 6.92 Å². The molecule has 34 heavy (non-hydrogen) atoms. The lowest BCUT2D eigenvalue weighted by Gasteiger charge is -2.17. The number of aryl methyl sites for hydroxylation is 1. The number of nitrogens with one attached hydrogen (secondary N) is 1. The predicted molar refractivity (Wildman–Crippen MR) is 129 cm³/mol. The third-order valence-corrected chi connectivity index (χ3v) is 6.04. The molecular formula is C27H27NO6. The summed E-state index contributed by atoms with van der Waals surface area (Å²) in [7, 11) is 0. The molecule has 4 rings (SSSR count). The van der Waals surface area contributed by atoms with E-state index in [-0.39, 0.29) is 23.8 Å². The molecule has 0 unspecified atom stereocenters. The third kappa shape index (κ3) is 4.59. The number of rotatable bonds is 6. The number of furan rings is 1. The highest BCUT2D eigenvalue weighted by Crippen LogP contribution is 2.35. The van der Waals surface area contributed by atoms with Crippen molar-refractivity contribution >= 4 is 33.8 Å². The summed E-state index contributed by atoms with van der Waals surface area (Å²) in [5.74, 6) is -1.70. The van der Waals surface area contributed by atoms with Crippen molar-refractivity contribution in [1.29, 1.82) is 0 Å². The zero-order valence-corrected chi connectivity index (χ0v) is 19.6. The maximum Gasteiger partial charge on any atom is 0.340 e.